The van der Waals surface area contributed by atoms with Gasteiger partial charge in [0.05, 0.1) is 12.0 Å². The summed E-state index contributed by atoms with van der Waals surface area (Å²) in [6.07, 6.45) is 6.98. The molecular weight excluding hydrogens is 420 g/mol. The molecule has 0 N–H and O–H groups in total. The maximum absolute atomic E-state index is 13.6. The van der Waals surface area contributed by atoms with Crippen LogP contribution in [0.25, 0.3) is 43.8 Å². The third kappa shape index (κ3) is 4.31. The zero-order chi connectivity index (χ0) is 23.3. The highest BCUT2D eigenvalue weighted by Gasteiger charge is 2.21. The second-order valence-electron chi connectivity index (χ2n) is 8.90. The van der Waals surface area contributed by atoms with E-state index in [0.717, 1.165) is 39.9 Å². The molecule has 1 aromatic heterocycles. The Morgan fingerprint density at radius 2 is 1.29 bits per heavy atom. The summed E-state index contributed by atoms with van der Waals surface area (Å²) in [6, 6.07) is 26.1. The molecule has 1 heterocycles. The van der Waals surface area contributed by atoms with E-state index in [4.69, 9.17) is 9.15 Å². The fourth-order valence-electron chi connectivity index (χ4n) is 4.74. The quantitative estimate of drug-likeness (QED) is 0.167. The molecule has 3 heteroatoms. The molecule has 5 aromatic rings. The van der Waals surface area contributed by atoms with Gasteiger partial charge in [-0.25, -0.2) is 0 Å². The van der Waals surface area contributed by atoms with Crippen LogP contribution in [-0.2, 0) is 0 Å². The first-order valence-corrected chi connectivity index (χ1v) is 12.4. The van der Waals surface area contributed by atoms with Gasteiger partial charge in [0.25, 0.3) is 0 Å². The van der Waals surface area contributed by atoms with Crippen LogP contribution in [0.3, 0.4) is 0 Å². The van der Waals surface area contributed by atoms with Gasteiger partial charge in [0.15, 0.2) is 5.76 Å². The third-order valence-electron chi connectivity index (χ3n) is 6.50. The minimum atomic E-state index is -0.111. The lowest BCUT2D eigenvalue weighted by Crippen LogP contribution is -2.11. The van der Waals surface area contributed by atoms with Gasteiger partial charge in [-0.15, -0.1) is 0 Å². The number of hydrogen-bond acceptors (Lipinski definition) is 3. The average Bonchev–Trinajstić information content (AvgIpc) is 2.88. The van der Waals surface area contributed by atoms with Gasteiger partial charge in [0, 0.05) is 5.56 Å². The van der Waals surface area contributed by atoms with Crippen LogP contribution < -0.4 is 10.2 Å². The third-order valence-corrected chi connectivity index (χ3v) is 6.50. The molecule has 0 aliphatic carbocycles. The second-order valence-corrected chi connectivity index (χ2v) is 8.90. The Morgan fingerprint density at radius 3 is 2.00 bits per heavy atom. The molecule has 0 saturated carbocycles. The van der Waals surface area contributed by atoms with Gasteiger partial charge in [0.2, 0.25) is 11.2 Å². The summed E-state index contributed by atoms with van der Waals surface area (Å²) >= 11 is 0. The highest BCUT2D eigenvalue weighted by Crippen LogP contribution is 2.40. The van der Waals surface area contributed by atoms with Crippen molar-refractivity contribution in [1.29, 1.82) is 0 Å². The first kappa shape index (κ1) is 22.2. The first-order valence-electron chi connectivity index (χ1n) is 12.4. The minimum absolute atomic E-state index is 0.111. The zero-order valence-corrected chi connectivity index (χ0v) is 19.7. The highest BCUT2D eigenvalue weighted by molar-refractivity contribution is 6.12. The molecular formula is C31H30O3. The fraction of sp³-hybridized carbons (Fsp3) is 0.258. The van der Waals surface area contributed by atoms with Crippen LogP contribution in [-0.4, -0.2) is 6.61 Å². The molecule has 0 unspecified atom stereocenters. The van der Waals surface area contributed by atoms with E-state index in [2.05, 4.69) is 37.3 Å². The van der Waals surface area contributed by atoms with Crippen LogP contribution in [0.4, 0.5) is 0 Å². The number of hydrogen-bond donors (Lipinski definition) is 0. The van der Waals surface area contributed by atoms with Gasteiger partial charge in [-0.05, 0) is 46.2 Å². The molecule has 34 heavy (non-hydrogen) atoms. The van der Waals surface area contributed by atoms with Crippen molar-refractivity contribution in [3.8, 4) is 17.1 Å². The zero-order valence-electron chi connectivity index (χ0n) is 19.7. The number of ether oxygens (including phenoxy) is 1. The van der Waals surface area contributed by atoms with Crippen LogP contribution in [0.2, 0.25) is 0 Å². The Hall–Kier alpha value is -3.59. The number of benzene rings is 4. The van der Waals surface area contributed by atoms with E-state index in [0.29, 0.717) is 29.1 Å². The fourth-order valence-corrected chi connectivity index (χ4v) is 4.74. The molecule has 0 atom stereocenters. The molecule has 3 nitrogen and oxygen atoms in total. The summed E-state index contributed by atoms with van der Waals surface area (Å²) in [5.41, 5.74) is 1.38. The Bertz CT molecular complexity index is 1440. The highest BCUT2D eigenvalue weighted by atomic mass is 16.5. The summed E-state index contributed by atoms with van der Waals surface area (Å²) in [5, 5.41) is 4.85. The predicted octanol–water partition coefficient (Wildman–Crippen LogP) is 8.51. The van der Waals surface area contributed by atoms with E-state index in [1.807, 2.05) is 48.5 Å². The molecule has 0 saturated heterocycles. The van der Waals surface area contributed by atoms with Gasteiger partial charge >= 0.3 is 0 Å². The van der Waals surface area contributed by atoms with Crippen molar-refractivity contribution in [2.45, 2.75) is 45.4 Å². The van der Waals surface area contributed by atoms with Gasteiger partial charge in [-0.1, -0.05) is 99.7 Å². The maximum atomic E-state index is 13.6. The largest absolute Gasteiger partial charge is 0.486 e. The van der Waals surface area contributed by atoms with E-state index in [1.165, 1.54) is 25.7 Å². The monoisotopic (exact) mass is 450 g/mol. The molecule has 0 radical (unpaired) electrons. The molecule has 0 aliphatic rings. The normalized spacial score (nSPS) is 11.4. The van der Waals surface area contributed by atoms with E-state index in [1.54, 1.807) is 0 Å². The summed E-state index contributed by atoms with van der Waals surface area (Å²) < 4.78 is 12.7. The van der Waals surface area contributed by atoms with Crippen LogP contribution >= 0.6 is 0 Å². The lowest BCUT2D eigenvalue weighted by Gasteiger charge is -2.15. The van der Waals surface area contributed by atoms with Crippen molar-refractivity contribution in [3.05, 3.63) is 89.1 Å². The van der Waals surface area contributed by atoms with E-state index in [9.17, 15) is 4.79 Å². The summed E-state index contributed by atoms with van der Waals surface area (Å²) in [5.74, 6) is 0.830. The predicted molar refractivity (Wildman–Crippen MR) is 142 cm³/mol. The molecule has 4 aromatic carbocycles. The van der Waals surface area contributed by atoms with Crippen molar-refractivity contribution < 1.29 is 9.15 Å². The van der Waals surface area contributed by atoms with Gasteiger partial charge in [-0.2, -0.15) is 0 Å². The van der Waals surface area contributed by atoms with E-state index in [-0.39, 0.29) is 5.43 Å². The van der Waals surface area contributed by atoms with Crippen molar-refractivity contribution in [3.63, 3.8) is 0 Å². The van der Waals surface area contributed by atoms with Crippen LogP contribution in [0.5, 0.6) is 5.75 Å². The first-order chi connectivity index (χ1) is 16.8. The summed E-state index contributed by atoms with van der Waals surface area (Å²) in [7, 11) is 0. The summed E-state index contributed by atoms with van der Waals surface area (Å²) in [6.45, 7) is 2.73. The average molecular weight is 451 g/mol. The molecule has 172 valence electrons. The molecule has 5 rings (SSSR count). The maximum Gasteiger partial charge on any atom is 0.235 e. The van der Waals surface area contributed by atoms with Crippen LogP contribution in [0.1, 0.15) is 45.4 Å². The van der Waals surface area contributed by atoms with E-state index >= 15 is 0 Å². The van der Waals surface area contributed by atoms with Crippen molar-refractivity contribution in [1.82, 2.24) is 0 Å². The number of rotatable bonds is 9. The molecule has 0 bridgehead atoms. The lowest BCUT2D eigenvalue weighted by molar-refractivity contribution is 0.297. The molecule has 0 aliphatic heterocycles. The Balaban J connectivity index is 1.65. The Labute approximate surface area is 200 Å². The van der Waals surface area contributed by atoms with Gasteiger partial charge in [0.1, 0.15) is 5.58 Å². The smallest absolute Gasteiger partial charge is 0.235 e. The lowest BCUT2D eigenvalue weighted by atomic mass is 9.94. The number of fused-ring (bicyclic) bond motifs is 3. The van der Waals surface area contributed by atoms with Crippen LogP contribution in [0, 0.1) is 0 Å². The Morgan fingerprint density at radius 1 is 0.706 bits per heavy atom. The topological polar surface area (TPSA) is 39.4 Å². The van der Waals surface area contributed by atoms with Gasteiger partial charge in [-0.3, -0.25) is 4.79 Å². The van der Waals surface area contributed by atoms with Crippen molar-refractivity contribution in [2.75, 3.05) is 6.61 Å². The van der Waals surface area contributed by atoms with Gasteiger partial charge < -0.3 is 9.15 Å². The van der Waals surface area contributed by atoms with Crippen molar-refractivity contribution in [2.24, 2.45) is 0 Å². The molecule has 0 amide bonds. The SMILES string of the molecule is CCCCCCCCOc1c(-c2c3ccccc3cc3ccccc23)oc2ccccc2c1=O. The number of unbranched alkanes of at least 4 members (excludes halogenated alkanes) is 5. The molecule has 0 spiro atoms. The second kappa shape index (κ2) is 10.1. The summed E-state index contributed by atoms with van der Waals surface area (Å²) in [4.78, 5) is 13.6. The Kier molecular flexibility index (Phi) is 6.62. The van der Waals surface area contributed by atoms with Crippen molar-refractivity contribution >= 4 is 32.5 Å². The number of para-hydroxylation sites is 1. The molecule has 0 fully saturated rings. The minimum Gasteiger partial charge on any atom is -0.486 e. The van der Waals surface area contributed by atoms with E-state index < -0.39 is 0 Å². The van der Waals surface area contributed by atoms with Crippen LogP contribution in [0.15, 0.2) is 88.1 Å². The standard InChI is InChI=1S/C31H30O3/c1-2-3-4-5-6-13-20-33-31-29(32)26-18-11-12-19-27(26)34-30(31)28-24-16-9-7-14-22(24)21-23-15-8-10-17-25(23)28/h7-12,14-19,21H,2-6,13,20H2,1H3.